The highest BCUT2D eigenvalue weighted by molar-refractivity contribution is 7.99. The van der Waals surface area contributed by atoms with Crippen LogP contribution < -0.4 is 5.73 Å². The van der Waals surface area contributed by atoms with Gasteiger partial charge in [-0.15, -0.1) is 11.8 Å². The van der Waals surface area contributed by atoms with Gasteiger partial charge in [0.2, 0.25) is 0 Å². The van der Waals surface area contributed by atoms with Crippen LogP contribution in [0.15, 0.2) is 23.1 Å². The normalized spacial score (nSPS) is 13.9. The molecule has 0 heterocycles. The molecule has 1 atom stereocenters. The molecule has 2 N–H and O–H groups in total. The number of nitrogens with two attached hydrogens (primary N) is 1. The van der Waals surface area contributed by atoms with Crippen molar-refractivity contribution in [3.05, 3.63) is 28.2 Å². The van der Waals surface area contributed by atoms with Crippen LogP contribution in [0.2, 0.25) is 10.0 Å². The smallest absolute Gasteiger partial charge is 0.325 e. The van der Waals surface area contributed by atoms with E-state index in [1.165, 1.54) is 7.11 Å². The van der Waals surface area contributed by atoms with Gasteiger partial charge in [0.25, 0.3) is 0 Å². The van der Waals surface area contributed by atoms with E-state index in [0.29, 0.717) is 16.5 Å². The molecule has 0 aliphatic carbocycles. The average molecular weight is 322 g/mol. The Morgan fingerprint density at radius 1 is 1.42 bits per heavy atom. The van der Waals surface area contributed by atoms with Gasteiger partial charge in [-0.25, -0.2) is 0 Å². The van der Waals surface area contributed by atoms with Crippen LogP contribution in [-0.2, 0) is 9.53 Å². The van der Waals surface area contributed by atoms with E-state index in [0.717, 1.165) is 17.1 Å². The number of esters is 1. The van der Waals surface area contributed by atoms with Gasteiger partial charge in [-0.05, 0) is 43.7 Å². The first-order valence-electron chi connectivity index (χ1n) is 5.82. The summed E-state index contributed by atoms with van der Waals surface area (Å²) >= 11 is 13.4. The molecule has 1 aromatic carbocycles. The molecule has 1 unspecified atom stereocenters. The van der Waals surface area contributed by atoms with E-state index >= 15 is 0 Å². The maximum Gasteiger partial charge on any atom is 0.325 e. The van der Waals surface area contributed by atoms with Crippen molar-refractivity contribution in [2.75, 3.05) is 12.9 Å². The average Bonchev–Trinajstić information content (AvgIpc) is 2.37. The highest BCUT2D eigenvalue weighted by atomic mass is 35.5. The van der Waals surface area contributed by atoms with Crippen molar-refractivity contribution in [1.82, 2.24) is 0 Å². The molecule has 106 valence electrons. The highest BCUT2D eigenvalue weighted by Gasteiger charge is 2.28. The number of hydrogen-bond donors (Lipinski definition) is 1. The first-order valence-corrected chi connectivity index (χ1v) is 7.56. The largest absolute Gasteiger partial charge is 0.468 e. The van der Waals surface area contributed by atoms with Crippen molar-refractivity contribution in [3.63, 3.8) is 0 Å². The summed E-state index contributed by atoms with van der Waals surface area (Å²) < 4.78 is 4.66. The molecule has 6 heteroatoms. The lowest BCUT2D eigenvalue weighted by Crippen LogP contribution is -2.45. The standard InChI is InChI=1S/C13H17Cl2NO2S/c1-13(16,12(17)18-2)6-3-7-19-9-4-5-10(14)11(15)8-9/h4-5,8H,3,6-7,16H2,1-2H3. The summed E-state index contributed by atoms with van der Waals surface area (Å²) in [5, 5.41) is 1.09. The number of halogens is 2. The monoisotopic (exact) mass is 321 g/mol. The summed E-state index contributed by atoms with van der Waals surface area (Å²) in [6.45, 7) is 1.68. The van der Waals surface area contributed by atoms with Crippen molar-refractivity contribution in [3.8, 4) is 0 Å². The van der Waals surface area contributed by atoms with Gasteiger partial charge in [0.05, 0.1) is 17.2 Å². The molecular weight excluding hydrogens is 305 g/mol. The number of thioether (sulfide) groups is 1. The first kappa shape index (κ1) is 16.6. The molecule has 3 nitrogen and oxygen atoms in total. The molecule has 0 saturated carbocycles. The Hall–Kier alpha value is -0.420. The number of hydrogen-bond acceptors (Lipinski definition) is 4. The molecule has 0 spiro atoms. The fourth-order valence-corrected chi connectivity index (χ4v) is 2.78. The lowest BCUT2D eigenvalue weighted by Gasteiger charge is -2.20. The third kappa shape index (κ3) is 5.22. The van der Waals surface area contributed by atoms with Crippen molar-refractivity contribution in [2.45, 2.75) is 30.2 Å². The molecule has 19 heavy (non-hydrogen) atoms. The molecule has 0 bridgehead atoms. The maximum atomic E-state index is 11.4. The lowest BCUT2D eigenvalue weighted by atomic mass is 9.98. The SMILES string of the molecule is COC(=O)C(C)(N)CCCSc1ccc(Cl)c(Cl)c1. The first-order chi connectivity index (χ1) is 8.86. The summed E-state index contributed by atoms with van der Waals surface area (Å²) in [4.78, 5) is 12.4. The predicted molar refractivity (Wildman–Crippen MR) is 81.0 cm³/mol. The fourth-order valence-electron chi connectivity index (χ4n) is 1.53. The van der Waals surface area contributed by atoms with E-state index in [1.54, 1.807) is 24.8 Å². The zero-order chi connectivity index (χ0) is 14.5. The third-order valence-electron chi connectivity index (χ3n) is 2.65. The summed E-state index contributed by atoms with van der Waals surface area (Å²) in [6.07, 6.45) is 1.39. The quantitative estimate of drug-likeness (QED) is 0.492. The molecule has 1 aromatic rings. The molecule has 0 amide bonds. The van der Waals surface area contributed by atoms with Gasteiger partial charge in [-0.3, -0.25) is 4.79 Å². The van der Waals surface area contributed by atoms with Gasteiger partial charge in [0.15, 0.2) is 0 Å². The topological polar surface area (TPSA) is 52.3 Å². The van der Waals surface area contributed by atoms with Gasteiger partial charge in [0, 0.05) is 4.90 Å². The van der Waals surface area contributed by atoms with Crippen molar-refractivity contribution < 1.29 is 9.53 Å². The van der Waals surface area contributed by atoms with Crippen molar-refractivity contribution in [2.24, 2.45) is 5.73 Å². The van der Waals surface area contributed by atoms with Crippen LogP contribution in [0.4, 0.5) is 0 Å². The van der Waals surface area contributed by atoms with Crippen molar-refractivity contribution in [1.29, 1.82) is 0 Å². The Morgan fingerprint density at radius 3 is 2.68 bits per heavy atom. The Morgan fingerprint density at radius 2 is 2.11 bits per heavy atom. The van der Waals surface area contributed by atoms with Gasteiger partial charge < -0.3 is 10.5 Å². The van der Waals surface area contributed by atoms with Crippen LogP contribution in [0.3, 0.4) is 0 Å². The number of carbonyl (C=O) groups excluding carboxylic acids is 1. The molecule has 1 rings (SSSR count). The molecule has 0 radical (unpaired) electrons. The van der Waals surface area contributed by atoms with Gasteiger partial charge >= 0.3 is 5.97 Å². The van der Waals surface area contributed by atoms with Crippen LogP contribution in [0.5, 0.6) is 0 Å². The second-order valence-corrected chi connectivity index (χ2v) is 6.42. The van der Waals surface area contributed by atoms with E-state index in [9.17, 15) is 4.79 Å². The third-order valence-corrected chi connectivity index (χ3v) is 4.47. The number of ether oxygens (including phenoxy) is 1. The highest BCUT2D eigenvalue weighted by Crippen LogP contribution is 2.28. The summed E-state index contributed by atoms with van der Waals surface area (Å²) in [6, 6.07) is 5.52. The molecule has 0 aliphatic heterocycles. The zero-order valence-corrected chi connectivity index (χ0v) is 13.2. The molecule has 0 aliphatic rings. The van der Waals surface area contributed by atoms with Crippen LogP contribution in [-0.4, -0.2) is 24.4 Å². The maximum absolute atomic E-state index is 11.4. The molecule has 0 aromatic heterocycles. The molecule has 0 fully saturated rings. The number of carbonyl (C=O) groups is 1. The van der Waals surface area contributed by atoms with Gasteiger partial charge in [-0.2, -0.15) is 0 Å². The van der Waals surface area contributed by atoms with Crippen LogP contribution in [0.1, 0.15) is 19.8 Å². The minimum absolute atomic E-state index is 0.382. The number of methoxy groups -OCH3 is 1. The van der Waals surface area contributed by atoms with E-state index < -0.39 is 5.54 Å². The van der Waals surface area contributed by atoms with Crippen molar-refractivity contribution >= 4 is 40.9 Å². The van der Waals surface area contributed by atoms with Crippen LogP contribution >= 0.6 is 35.0 Å². The Kier molecular flexibility index (Phi) is 6.47. The van der Waals surface area contributed by atoms with Crippen LogP contribution in [0, 0.1) is 0 Å². The molecular formula is C13H17Cl2NO2S. The zero-order valence-electron chi connectivity index (χ0n) is 10.9. The van der Waals surface area contributed by atoms with E-state index in [2.05, 4.69) is 4.74 Å². The molecule has 0 saturated heterocycles. The Labute approximate surface area is 127 Å². The minimum Gasteiger partial charge on any atom is -0.468 e. The Bertz CT molecular complexity index is 452. The summed E-state index contributed by atoms with van der Waals surface area (Å²) in [5.74, 6) is 0.467. The second kappa shape index (κ2) is 7.39. The van der Waals surface area contributed by atoms with E-state index in [-0.39, 0.29) is 5.97 Å². The van der Waals surface area contributed by atoms with E-state index in [1.807, 2.05) is 12.1 Å². The summed E-state index contributed by atoms with van der Waals surface area (Å²) in [7, 11) is 1.35. The Balaban J connectivity index is 2.38. The lowest BCUT2D eigenvalue weighted by molar-refractivity contribution is -0.146. The summed E-state index contributed by atoms with van der Waals surface area (Å²) in [5.41, 5.74) is 4.95. The number of benzene rings is 1. The van der Waals surface area contributed by atoms with Gasteiger partial charge in [0.1, 0.15) is 5.54 Å². The number of rotatable bonds is 6. The van der Waals surface area contributed by atoms with Gasteiger partial charge in [-0.1, -0.05) is 23.2 Å². The minimum atomic E-state index is -0.924. The fraction of sp³-hybridized carbons (Fsp3) is 0.462. The predicted octanol–water partition coefficient (Wildman–Crippen LogP) is 3.76. The van der Waals surface area contributed by atoms with E-state index in [4.69, 9.17) is 28.9 Å². The van der Waals surface area contributed by atoms with Crippen LogP contribution in [0.25, 0.3) is 0 Å². The second-order valence-electron chi connectivity index (χ2n) is 4.44.